The fraction of sp³-hybridized carbons (Fsp3) is 0.333. The Bertz CT molecular complexity index is 1780. The molecule has 2 aliphatic rings. The molecule has 224 valence electrons. The van der Waals surface area contributed by atoms with Crippen molar-refractivity contribution in [2.75, 3.05) is 19.0 Å². The second-order valence-electron chi connectivity index (χ2n) is 11.5. The van der Waals surface area contributed by atoms with Crippen LogP contribution >= 0.6 is 0 Å². The summed E-state index contributed by atoms with van der Waals surface area (Å²) in [4.78, 5) is 25.7. The number of aryl methyl sites for hydroxylation is 1. The van der Waals surface area contributed by atoms with E-state index in [1.165, 1.54) is 32.1 Å². The topological polar surface area (TPSA) is 116 Å². The van der Waals surface area contributed by atoms with Gasteiger partial charge in [0.2, 0.25) is 10.0 Å². The number of carbonyl (C=O) groups is 2. The number of sulfonamides is 1. The Morgan fingerprint density at radius 2 is 1.79 bits per heavy atom. The molecule has 43 heavy (non-hydrogen) atoms. The molecule has 2 aliphatic carbocycles. The van der Waals surface area contributed by atoms with Crippen molar-refractivity contribution in [3.63, 3.8) is 0 Å². The summed E-state index contributed by atoms with van der Waals surface area (Å²) in [7, 11) is -0.295. The molecule has 1 heterocycles. The van der Waals surface area contributed by atoms with Gasteiger partial charge in [-0.25, -0.2) is 17.9 Å². The van der Waals surface area contributed by atoms with Gasteiger partial charge in [-0.2, -0.15) is 0 Å². The SMILES string of the molecule is COc1cc(C(=O)CNS(=O)(=O)c2ccccc2)ccc1Cc1cn(C)c2ccc(NC(=O)OC3CC4CCC3C4)cc12. The van der Waals surface area contributed by atoms with Gasteiger partial charge in [-0.05, 0) is 85.0 Å². The van der Waals surface area contributed by atoms with E-state index in [9.17, 15) is 18.0 Å². The maximum atomic E-state index is 12.9. The minimum Gasteiger partial charge on any atom is -0.496 e. The number of benzene rings is 3. The number of fused-ring (bicyclic) bond motifs is 3. The van der Waals surface area contributed by atoms with Crippen molar-refractivity contribution in [1.82, 2.24) is 9.29 Å². The quantitative estimate of drug-likeness (QED) is 0.226. The molecule has 2 bridgehead atoms. The molecule has 6 rings (SSSR count). The molecule has 0 radical (unpaired) electrons. The van der Waals surface area contributed by atoms with Gasteiger partial charge in [0.1, 0.15) is 11.9 Å². The number of aromatic nitrogens is 1. The van der Waals surface area contributed by atoms with Crippen LogP contribution in [-0.2, 0) is 28.2 Å². The second kappa shape index (κ2) is 11.9. The molecule has 3 unspecified atom stereocenters. The Labute approximate surface area is 251 Å². The summed E-state index contributed by atoms with van der Waals surface area (Å²) in [6.07, 6.45) is 6.70. The zero-order valence-electron chi connectivity index (χ0n) is 24.2. The normalized spacial score (nSPS) is 19.4. The highest BCUT2D eigenvalue weighted by atomic mass is 32.2. The molecule has 10 heteroatoms. The molecule has 9 nitrogen and oxygen atoms in total. The van der Waals surface area contributed by atoms with Gasteiger partial charge in [0.25, 0.3) is 0 Å². The molecular formula is C33H35N3O6S. The number of anilines is 1. The summed E-state index contributed by atoms with van der Waals surface area (Å²) >= 11 is 0. The van der Waals surface area contributed by atoms with Gasteiger partial charge in [0.15, 0.2) is 5.78 Å². The predicted molar refractivity (Wildman–Crippen MR) is 164 cm³/mol. The van der Waals surface area contributed by atoms with E-state index in [-0.39, 0.29) is 23.3 Å². The van der Waals surface area contributed by atoms with Crippen LogP contribution < -0.4 is 14.8 Å². The van der Waals surface area contributed by atoms with Crippen LogP contribution in [0.4, 0.5) is 10.5 Å². The monoisotopic (exact) mass is 601 g/mol. The van der Waals surface area contributed by atoms with E-state index < -0.39 is 16.1 Å². The van der Waals surface area contributed by atoms with E-state index in [1.54, 1.807) is 30.3 Å². The van der Waals surface area contributed by atoms with Crippen molar-refractivity contribution in [3.8, 4) is 5.75 Å². The molecular weight excluding hydrogens is 566 g/mol. The number of carbonyl (C=O) groups excluding carboxylic acids is 2. The van der Waals surface area contributed by atoms with Gasteiger partial charge in [-0.3, -0.25) is 10.1 Å². The van der Waals surface area contributed by atoms with E-state index in [1.807, 2.05) is 42.1 Å². The number of hydrogen-bond acceptors (Lipinski definition) is 6. The first-order valence-corrected chi connectivity index (χ1v) is 16.0. The summed E-state index contributed by atoms with van der Waals surface area (Å²) in [5.41, 5.74) is 3.91. The highest BCUT2D eigenvalue weighted by Crippen LogP contribution is 2.46. The van der Waals surface area contributed by atoms with Crippen molar-refractivity contribution in [3.05, 3.63) is 89.6 Å². The zero-order valence-corrected chi connectivity index (χ0v) is 25.0. The standard InChI is InChI=1S/C33H35N3O6S/c1-36-20-25(28-18-26(12-13-29(28)36)35-33(38)42-32-15-21-8-9-23(32)14-21)16-24-11-10-22(17-31(24)41-2)30(37)19-34-43(39,40)27-6-4-3-5-7-27/h3-7,10-13,17-18,20-21,23,32,34H,8-9,14-16,19H2,1-2H3,(H,35,38). The fourth-order valence-corrected chi connectivity index (χ4v) is 7.53. The summed E-state index contributed by atoms with van der Waals surface area (Å²) < 4.78 is 40.9. The molecule has 0 aliphatic heterocycles. The van der Waals surface area contributed by atoms with Crippen molar-refractivity contribution >= 4 is 38.5 Å². The Kier molecular flexibility index (Phi) is 7.98. The average Bonchev–Trinajstić information content (AvgIpc) is 3.71. The van der Waals surface area contributed by atoms with Gasteiger partial charge >= 0.3 is 6.09 Å². The van der Waals surface area contributed by atoms with Gasteiger partial charge in [0.05, 0.1) is 18.6 Å². The lowest BCUT2D eigenvalue weighted by Crippen LogP contribution is -2.29. The maximum Gasteiger partial charge on any atom is 0.411 e. The Morgan fingerprint density at radius 3 is 2.51 bits per heavy atom. The molecule has 4 aromatic rings. The van der Waals surface area contributed by atoms with Crippen LogP contribution in [0, 0.1) is 11.8 Å². The summed E-state index contributed by atoms with van der Waals surface area (Å²) in [5, 5.41) is 3.90. The van der Waals surface area contributed by atoms with E-state index in [2.05, 4.69) is 10.0 Å². The molecule has 3 aromatic carbocycles. The molecule has 3 atom stereocenters. The van der Waals surface area contributed by atoms with Crippen LogP contribution in [0.1, 0.15) is 47.2 Å². The molecule has 0 spiro atoms. The molecule has 0 saturated heterocycles. The van der Waals surface area contributed by atoms with E-state index in [0.29, 0.717) is 35.3 Å². The van der Waals surface area contributed by atoms with Crippen molar-refractivity contribution < 1.29 is 27.5 Å². The van der Waals surface area contributed by atoms with Crippen LogP contribution in [0.5, 0.6) is 5.75 Å². The van der Waals surface area contributed by atoms with E-state index >= 15 is 0 Å². The summed E-state index contributed by atoms with van der Waals surface area (Å²) in [6.45, 7) is -0.372. The van der Waals surface area contributed by atoms with Gasteiger partial charge in [-0.15, -0.1) is 0 Å². The fourth-order valence-electron chi connectivity index (χ4n) is 6.52. The smallest absolute Gasteiger partial charge is 0.411 e. The number of ether oxygens (including phenoxy) is 2. The Hall–Kier alpha value is -4.15. The first kappa shape index (κ1) is 28.9. The van der Waals surface area contributed by atoms with E-state index in [0.717, 1.165) is 34.9 Å². The number of nitrogens with zero attached hydrogens (tertiary/aromatic N) is 1. The third kappa shape index (κ3) is 6.16. The lowest BCUT2D eigenvalue weighted by molar-refractivity contribution is 0.0755. The van der Waals surface area contributed by atoms with Crippen LogP contribution in [0.3, 0.4) is 0 Å². The molecule has 2 fully saturated rings. The maximum absolute atomic E-state index is 12.9. The minimum atomic E-state index is -3.80. The van der Waals surface area contributed by atoms with Crippen LogP contribution in [0.25, 0.3) is 10.9 Å². The summed E-state index contributed by atoms with van der Waals surface area (Å²) in [6, 6.07) is 18.9. The molecule has 1 aromatic heterocycles. The first-order chi connectivity index (χ1) is 20.7. The number of methoxy groups -OCH3 is 1. The second-order valence-corrected chi connectivity index (χ2v) is 13.3. The van der Waals surface area contributed by atoms with Gasteiger partial charge < -0.3 is 14.0 Å². The van der Waals surface area contributed by atoms with Crippen LogP contribution in [0.15, 0.2) is 77.8 Å². The van der Waals surface area contributed by atoms with Crippen molar-refractivity contribution in [2.24, 2.45) is 18.9 Å². The Balaban J connectivity index is 1.15. The molecule has 2 saturated carbocycles. The van der Waals surface area contributed by atoms with E-state index in [4.69, 9.17) is 9.47 Å². The van der Waals surface area contributed by atoms with Gasteiger partial charge in [0, 0.05) is 41.8 Å². The van der Waals surface area contributed by atoms with Crippen molar-refractivity contribution in [2.45, 2.75) is 43.1 Å². The Morgan fingerprint density at radius 1 is 0.977 bits per heavy atom. The number of ketones is 1. The van der Waals surface area contributed by atoms with Crippen LogP contribution in [0.2, 0.25) is 0 Å². The lowest BCUT2D eigenvalue weighted by atomic mass is 9.98. The third-order valence-electron chi connectivity index (χ3n) is 8.72. The zero-order chi connectivity index (χ0) is 30.1. The molecule has 2 N–H and O–H groups in total. The largest absolute Gasteiger partial charge is 0.496 e. The third-order valence-corrected chi connectivity index (χ3v) is 10.1. The highest BCUT2D eigenvalue weighted by molar-refractivity contribution is 7.89. The first-order valence-electron chi connectivity index (χ1n) is 14.5. The predicted octanol–water partition coefficient (Wildman–Crippen LogP) is 5.68. The summed E-state index contributed by atoms with van der Waals surface area (Å²) in [5.74, 6) is 1.34. The number of hydrogen-bond donors (Lipinski definition) is 2. The minimum absolute atomic E-state index is 0.0149. The van der Waals surface area contributed by atoms with Gasteiger partial charge in [-0.1, -0.05) is 30.3 Å². The van der Waals surface area contributed by atoms with Crippen LogP contribution in [-0.4, -0.2) is 44.6 Å². The molecule has 1 amide bonds. The average molecular weight is 602 g/mol. The number of Topliss-reactive ketones (excluding diaryl/α,β-unsaturated/α-hetero) is 1. The number of nitrogens with one attached hydrogen (secondary N) is 2. The number of rotatable bonds is 10. The number of amides is 1. The van der Waals surface area contributed by atoms with Crippen molar-refractivity contribution in [1.29, 1.82) is 0 Å². The lowest BCUT2D eigenvalue weighted by Gasteiger charge is -2.22. The highest BCUT2D eigenvalue weighted by Gasteiger charge is 2.41.